The molecule has 2 amide bonds. The highest BCUT2D eigenvalue weighted by Gasteiger charge is 2.34. The van der Waals surface area contributed by atoms with Crippen LogP contribution in [0.4, 0.5) is 10.1 Å². The van der Waals surface area contributed by atoms with Gasteiger partial charge in [-0.15, -0.1) is 11.3 Å². The number of anilines is 1. The molecule has 162 valence electrons. The fraction of sp³-hybridized carbons (Fsp3) is 0.261. The van der Waals surface area contributed by atoms with Crippen LogP contribution >= 0.6 is 11.3 Å². The standard InChI is InChI=1S/C23H24FN3O3S/c1-15-21(31-16(2)26-15)23(29)27(19-11-9-18(24)10-12-19)20(17-7-5-4-6-8-17)22(28)25-13-14-30-3/h4-12,20H,13-14H2,1-3H3,(H,25,28). The molecule has 0 saturated carbocycles. The number of thiazole rings is 1. The fourth-order valence-corrected chi connectivity index (χ4v) is 4.11. The minimum atomic E-state index is -0.960. The van der Waals surface area contributed by atoms with Gasteiger partial charge in [0.05, 0.1) is 17.3 Å². The second-order valence-electron chi connectivity index (χ2n) is 6.90. The van der Waals surface area contributed by atoms with E-state index in [9.17, 15) is 14.0 Å². The molecule has 3 aromatic rings. The zero-order valence-electron chi connectivity index (χ0n) is 17.6. The van der Waals surface area contributed by atoms with E-state index < -0.39 is 11.9 Å². The van der Waals surface area contributed by atoms with Gasteiger partial charge in [-0.3, -0.25) is 14.5 Å². The number of hydrogen-bond acceptors (Lipinski definition) is 5. The molecule has 3 rings (SSSR count). The van der Waals surface area contributed by atoms with Crippen LogP contribution in [0.25, 0.3) is 0 Å². The van der Waals surface area contributed by atoms with Gasteiger partial charge < -0.3 is 10.1 Å². The summed E-state index contributed by atoms with van der Waals surface area (Å²) in [5.41, 5.74) is 1.63. The van der Waals surface area contributed by atoms with Crippen LogP contribution in [0.1, 0.15) is 32.0 Å². The average Bonchev–Trinajstić information content (AvgIpc) is 3.11. The van der Waals surface area contributed by atoms with Crippen LogP contribution < -0.4 is 10.2 Å². The number of amides is 2. The molecule has 1 heterocycles. The third kappa shape index (κ3) is 5.34. The van der Waals surface area contributed by atoms with Crippen LogP contribution in [0.5, 0.6) is 0 Å². The van der Waals surface area contributed by atoms with Crippen molar-refractivity contribution in [3.8, 4) is 0 Å². The molecule has 1 atom stereocenters. The van der Waals surface area contributed by atoms with E-state index in [0.29, 0.717) is 35.0 Å². The van der Waals surface area contributed by atoms with E-state index in [4.69, 9.17) is 4.74 Å². The SMILES string of the molecule is COCCNC(=O)C(c1ccccc1)N(C(=O)c1sc(C)nc1C)c1ccc(F)cc1. The normalized spacial score (nSPS) is 11.7. The highest BCUT2D eigenvalue weighted by atomic mass is 32.1. The third-order valence-corrected chi connectivity index (χ3v) is 5.71. The number of rotatable bonds is 8. The Labute approximate surface area is 184 Å². The quantitative estimate of drug-likeness (QED) is 0.536. The molecule has 1 N–H and O–H groups in total. The summed E-state index contributed by atoms with van der Waals surface area (Å²) in [4.78, 5) is 33.2. The van der Waals surface area contributed by atoms with Gasteiger partial charge in [-0.05, 0) is 43.7 Å². The van der Waals surface area contributed by atoms with Crippen molar-refractivity contribution in [1.82, 2.24) is 10.3 Å². The Morgan fingerprint density at radius 1 is 1.13 bits per heavy atom. The minimum absolute atomic E-state index is 0.294. The number of nitrogens with zero attached hydrogens (tertiary/aromatic N) is 2. The molecular formula is C23H24FN3O3S. The number of aromatic nitrogens is 1. The van der Waals surface area contributed by atoms with Gasteiger partial charge in [0.15, 0.2) is 0 Å². The van der Waals surface area contributed by atoms with Crippen LogP contribution in [-0.2, 0) is 9.53 Å². The lowest BCUT2D eigenvalue weighted by Crippen LogP contribution is -2.44. The van der Waals surface area contributed by atoms with Crippen LogP contribution in [0.3, 0.4) is 0 Å². The lowest BCUT2D eigenvalue weighted by atomic mass is 10.0. The highest BCUT2D eigenvalue weighted by Crippen LogP contribution is 2.32. The van der Waals surface area contributed by atoms with Crippen molar-refractivity contribution in [2.24, 2.45) is 0 Å². The summed E-state index contributed by atoms with van der Waals surface area (Å²) in [6, 6.07) is 13.6. The molecule has 1 unspecified atom stereocenters. The number of hydrogen-bond donors (Lipinski definition) is 1. The number of halogens is 1. The summed E-state index contributed by atoms with van der Waals surface area (Å²) in [6.45, 7) is 4.21. The number of benzene rings is 2. The number of carbonyl (C=O) groups is 2. The van der Waals surface area contributed by atoms with Gasteiger partial charge in [0.2, 0.25) is 5.91 Å². The van der Waals surface area contributed by atoms with Gasteiger partial charge >= 0.3 is 0 Å². The Kier molecular flexibility index (Phi) is 7.49. The maximum atomic E-state index is 13.7. The Morgan fingerprint density at radius 2 is 1.81 bits per heavy atom. The molecule has 0 aliphatic carbocycles. The summed E-state index contributed by atoms with van der Waals surface area (Å²) >= 11 is 1.27. The van der Waals surface area contributed by atoms with Crippen molar-refractivity contribution in [3.63, 3.8) is 0 Å². The van der Waals surface area contributed by atoms with Gasteiger partial charge in [-0.1, -0.05) is 30.3 Å². The first-order chi connectivity index (χ1) is 14.9. The molecule has 2 aromatic carbocycles. The minimum Gasteiger partial charge on any atom is -0.383 e. The van der Waals surface area contributed by atoms with E-state index in [2.05, 4.69) is 10.3 Å². The molecule has 31 heavy (non-hydrogen) atoms. The van der Waals surface area contributed by atoms with Crippen molar-refractivity contribution in [3.05, 3.63) is 81.6 Å². The Hall–Kier alpha value is -3.10. The summed E-state index contributed by atoms with van der Waals surface area (Å²) in [5.74, 6) is -1.16. The Balaban J connectivity index is 2.12. The van der Waals surface area contributed by atoms with Crippen molar-refractivity contribution in [2.45, 2.75) is 19.9 Å². The first-order valence-corrected chi connectivity index (χ1v) is 10.6. The van der Waals surface area contributed by atoms with E-state index in [-0.39, 0.29) is 11.8 Å². The second-order valence-corrected chi connectivity index (χ2v) is 8.10. The summed E-state index contributed by atoms with van der Waals surface area (Å²) in [6.07, 6.45) is 0. The van der Waals surface area contributed by atoms with Crippen molar-refractivity contribution in [2.75, 3.05) is 25.2 Å². The maximum absolute atomic E-state index is 13.7. The summed E-state index contributed by atoms with van der Waals surface area (Å²) < 4.78 is 18.7. The van der Waals surface area contributed by atoms with E-state index in [1.165, 1.54) is 40.5 Å². The monoisotopic (exact) mass is 441 g/mol. The number of ether oxygens (including phenoxy) is 1. The highest BCUT2D eigenvalue weighted by molar-refractivity contribution is 7.13. The van der Waals surface area contributed by atoms with Crippen LogP contribution in [0.15, 0.2) is 54.6 Å². The first kappa shape index (κ1) is 22.6. The van der Waals surface area contributed by atoms with E-state index in [1.807, 2.05) is 13.0 Å². The van der Waals surface area contributed by atoms with Crippen LogP contribution in [-0.4, -0.2) is 37.1 Å². The van der Waals surface area contributed by atoms with E-state index in [1.54, 1.807) is 38.3 Å². The van der Waals surface area contributed by atoms with Gasteiger partial charge in [-0.25, -0.2) is 9.37 Å². The van der Waals surface area contributed by atoms with Crippen molar-refractivity contribution < 1.29 is 18.7 Å². The summed E-state index contributed by atoms with van der Waals surface area (Å²) in [7, 11) is 1.55. The molecule has 0 fully saturated rings. The smallest absolute Gasteiger partial charge is 0.271 e. The fourth-order valence-electron chi connectivity index (χ4n) is 3.25. The molecule has 0 radical (unpaired) electrons. The predicted octanol–water partition coefficient (Wildman–Crippen LogP) is 4.05. The molecule has 0 bridgehead atoms. The van der Waals surface area contributed by atoms with Gasteiger partial charge in [0, 0.05) is 19.3 Å². The summed E-state index contributed by atoms with van der Waals surface area (Å²) in [5, 5.41) is 3.58. The molecule has 6 nitrogen and oxygen atoms in total. The molecule has 0 spiro atoms. The molecule has 1 aromatic heterocycles. The zero-order valence-corrected chi connectivity index (χ0v) is 18.4. The van der Waals surface area contributed by atoms with Crippen LogP contribution in [0.2, 0.25) is 0 Å². The number of nitrogens with one attached hydrogen (secondary N) is 1. The zero-order chi connectivity index (χ0) is 22.4. The predicted molar refractivity (Wildman–Crippen MR) is 119 cm³/mol. The first-order valence-electron chi connectivity index (χ1n) is 9.77. The molecule has 0 aliphatic heterocycles. The van der Waals surface area contributed by atoms with Crippen LogP contribution in [0, 0.1) is 19.7 Å². The number of aryl methyl sites for hydroxylation is 2. The van der Waals surface area contributed by atoms with Crippen molar-refractivity contribution in [1.29, 1.82) is 0 Å². The molecule has 0 aliphatic rings. The topological polar surface area (TPSA) is 71.5 Å². The Morgan fingerprint density at radius 3 is 2.39 bits per heavy atom. The number of methoxy groups -OCH3 is 1. The largest absolute Gasteiger partial charge is 0.383 e. The van der Waals surface area contributed by atoms with Gasteiger partial charge in [0.25, 0.3) is 5.91 Å². The second kappa shape index (κ2) is 10.3. The lowest BCUT2D eigenvalue weighted by Gasteiger charge is -2.31. The van der Waals surface area contributed by atoms with E-state index in [0.717, 1.165) is 5.01 Å². The average molecular weight is 442 g/mol. The van der Waals surface area contributed by atoms with Crippen molar-refractivity contribution >= 4 is 28.8 Å². The maximum Gasteiger partial charge on any atom is 0.271 e. The van der Waals surface area contributed by atoms with Gasteiger partial charge in [0.1, 0.15) is 16.7 Å². The van der Waals surface area contributed by atoms with E-state index >= 15 is 0 Å². The lowest BCUT2D eigenvalue weighted by molar-refractivity contribution is -0.122. The number of carbonyl (C=O) groups excluding carboxylic acids is 2. The molecule has 0 saturated heterocycles. The van der Waals surface area contributed by atoms with Gasteiger partial charge in [-0.2, -0.15) is 0 Å². The Bertz CT molecular complexity index is 1040. The third-order valence-electron chi connectivity index (χ3n) is 4.65. The molecule has 8 heteroatoms. The molecular weight excluding hydrogens is 417 g/mol.